The Kier molecular flexibility index (Phi) is 3.10. The molecule has 12 heavy (non-hydrogen) atoms. The molecule has 0 bridgehead atoms. The van der Waals surface area contributed by atoms with Crippen molar-refractivity contribution >= 4 is 0 Å². The molecule has 0 fully saturated rings. The van der Waals surface area contributed by atoms with Gasteiger partial charge in [0.1, 0.15) is 6.26 Å². The zero-order chi connectivity index (χ0) is 8.97. The molecule has 0 aliphatic rings. The number of aliphatic hydroxyl groups excluding tert-OH is 1. The van der Waals surface area contributed by atoms with E-state index in [0.717, 1.165) is 6.42 Å². The van der Waals surface area contributed by atoms with Crippen LogP contribution in [0.15, 0.2) is 21.7 Å². The molecule has 1 atom stereocenters. The van der Waals surface area contributed by atoms with Gasteiger partial charge in [0.15, 0.2) is 0 Å². The van der Waals surface area contributed by atoms with Crippen molar-refractivity contribution in [3.05, 3.63) is 23.0 Å². The molecule has 0 amide bonds. The van der Waals surface area contributed by atoms with E-state index in [1.807, 2.05) is 6.92 Å². The van der Waals surface area contributed by atoms with E-state index in [1.165, 1.54) is 10.8 Å². The maximum Gasteiger partial charge on any atom is 0.419 e. The van der Waals surface area contributed by atoms with Crippen LogP contribution in [0.1, 0.15) is 25.8 Å². The highest BCUT2D eigenvalue weighted by Crippen LogP contribution is 2.09. The van der Waals surface area contributed by atoms with Crippen molar-refractivity contribution < 1.29 is 9.52 Å². The van der Waals surface area contributed by atoms with E-state index in [2.05, 4.69) is 4.42 Å². The van der Waals surface area contributed by atoms with E-state index in [-0.39, 0.29) is 18.4 Å². The second-order valence-corrected chi connectivity index (χ2v) is 2.79. The smallest absolute Gasteiger partial charge is 0.416 e. The van der Waals surface area contributed by atoms with Gasteiger partial charge in [0, 0.05) is 18.8 Å². The van der Waals surface area contributed by atoms with Crippen molar-refractivity contribution in [3.63, 3.8) is 0 Å². The number of hydrogen-bond acceptors (Lipinski definition) is 3. The summed E-state index contributed by atoms with van der Waals surface area (Å²) in [6, 6.07) is 0.100. The summed E-state index contributed by atoms with van der Waals surface area (Å²) in [7, 11) is 0. The fraction of sp³-hybridized carbons (Fsp3) is 0.625. The maximum atomic E-state index is 11.0. The highest BCUT2D eigenvalue weighted by atomic mass is 16.4. The number of aliphatic hydroxyl groups is 1. The summed E-state index contributed by atoms with van der Waals surface area (Å²) in [5.74, 6) is -0.333. The first-order chi connectivity index (χ1) is 5.75. The van der Waals surface area contributed by atoms with Crippen molar-refractivity contribution in [2.75, 3.05) is 6.61 Å². The van der Waals surface area contributed by atoms with Gasteiger partial charge in [-0.15, -0.1) is 0 Å². The summed E-state index contributed by atoms with van der Waals surface area (Å²) in [5, 5.41) is 8.57. The number of oxazole rings is 1. The van der Waals surface area contributed by atoms with Gasteiger partial charge in [-0.05, 0) is 19.8 Å². The van der Waals surface area contributed by atoms with Crippen molar-refractivity contribution in [2.45, 2.75) is 25.8 Å². The minimum atomic E-state index is -0.333. The van der Waals surface area contributed by atoms with E-state index in [4.69, 9.17) is 5.11 Å². The summed E-state index contributed by atoms with van der Waals surface area (Å²) >= 11 is 0. The lowest BCUT2D eigenvalue weighted by atomic mass is 10.2. The molecule has 1 aromatic rings. The molecule has 68 valence electrons. The Morgan fingerprint density at radius 1 is 1.75 bits per heavy atom. The normalized spacial score (nSPS) is 13.2. The predicted molar refractivity (Wildman–Crippen MR) is 44.0 cm³/mol. The molecule has 4 heteroatoms. The lowest BCUT2D eigenvalue weighted by molar-refractivity contribution is 0.271. The van der Waals surface area contributed by atoms with Gasteiger partial charge in [0.2, 0.25) is 0 Å². The molecule has 0 saturated heterocycles. The second kappa shape index (κ2) is 4.11. The Bertz CT molecular complexity index is 276. The number of aromatic nitrogens is 1. The second-order valence-electron chi connectivity index (χ2n) is 2.79. The van der Waals surface area contributed by atoms with Gasteiger partial charge in [0.25, 0.3) is 0 Å². The molecule has 0 spiro atoms. The van der Waals surface area contributed by atoms with Crippen LogP contribution in [0.4, 0.5) is 0 Å². The predicted octanol–water partition coefficient (Wildman–Crippen LogP) is 0.775. The van der Waals surface area contributed by atoms with E-state index in [9.17, 15) is 4.79 Å². The zero-order valence-electron chi connectivity index (χ0n) is 7.06. The van der Waals surface area contributed by atoms with Crippen molar-refractivity contribution in [1.82, 2.24) is 4.57 Å². The van der Waals surface area contributed by atoms with Crippen LogP contribution in [0, 0.1) is 0 Å². The van der Waals surface area contributed by atoms with E-state index in [0.29, 0.717) is 6.42 Å². The first kappa shape index (κ1) is 9.06. The van der Waals surface area contributed by atoms with Gasteiger partial charge < -0.3 is 9.52 Å². The minimum absolute atomic E-state index is 0.100. The molecule has 1 rings (SSSR count). The number of rotatable bonds is 4. The molecule has 0 saturated carbocycles. The van der Waals surface area contributed by atoms with Gasteiger partial charge in [-0.3, -0.25) is 4.57 Å². The summed E-state index contributed by atoms with van der Waals surface area (Å²) in [5.41, 5.74) is 0. The third-order valence-corrected chi connectivity index (χ3v) is 1.86. The lowest BCUT2D eigenvalue weighted by Gasteiger charge is -2.09. The van der Waals surface area contributed by atoms with Crippen LogP contribution in [0.2, 0.25) is 0 Å². The first-order valence-corrected chi connectivity index (χ1v) is 4.02. The summed E-state index contributed by atoms with van der Waals surface area (Å²) in [6.07, 6.45) is 4.48. The van der Waals surface area contributed by atoms with Gasteiger partial charge in [0.05, 0.1) is 0 Å². The molecule has 0 aromatic carbocycles. The third kappa shape index (κ3) is 1.98. The van der Waals surface area contributed by atoms with E-state index in [1.54, 1.807) is 6.20 Å². The molecule has 1 heterocycles. The SMILES string of the molecule is CC(CCCO)n1ccoc1=O. The topological polar surface area (TPSA) is 55.4 Å². The Morgan fingerprint density at radius 2 is 2.50 bits per heavy atom. The summed E-state index contributed by atoms with van der Waals surface area (Å²) < 4.78 is 6.13. The highest BCUT2D eigenvalue weighted by molar-refractivity contribution is 4.74. The molecule has 1 N–H and O–H groups in total. The van der Waals surface area contributed by atoms with Gasteiger partial charge in [-0.2, -0.15) is 0 Å². The van der Waals surface area contributed by atoms with Crippen LogP contribution < -0.4 is 5.76 Å². The van der Waals surface area contributed by atoms with Crippen molar-refractivity contribution in [3.8, 4) is 0 Å². The van der Waals surface area contributed by atoms with Crippen LogP contribution in [0.25, 0.3) is 0 Å². The van der Waals surface area contributed by atoms with Crippen LogP contribution >= 0.6 is 0 Å². The fourth-order valence-electron chi connectivity index (χ4n) is 1.13. The van der Waals surface area contributed by atoms with E-state index < -0.39 is 0 Å². The van der Waals surface area contributed by atoms with Crippen LogP contribution in [0.3, 0.4) is 0 Å². The molecule has 0 aliphatic heterocycles. The van der Waals surface area contributed by atoms with E-state index >= 15 is 0 Å². The van der Waals surface area contributed by atoms with Crippen LogP contribution in [-0.2, 0) is 0 Å². The molecular weight excluding hydrogens is 158 g/mol. The highest BCUT2D eigenvalue weighted by Gasteiger charge is 2.06. The molecular formula is C8H13NO3. The average Bonchev–Trinajstić information content (AvgIpc) is 2.47. The number of nitrogens with zero attached hydrogens (tertiary/aromatic N) is 1. The lowest BCUT2D eigenvalue weighted by Crippen LogP contribution is -2.17. The van der Waals surface area contributed by atoms with Crippen molar-refractivity contribution in [1.29, 1.82) is 0 Å². The standard InChI is InChI=1S/C8H13NO3/c1-7(3-2-5-10)9-4-6-12-8(9)11/h4,6-7,10H,2-3,5H2,1H3. The Morgan fingerprint density at radius 3 is 3.00 bits per heavy atom. The van der Waals surface area contributed by atoms with Gasteiger partial charge in [-0.1, -0.05) is 0 Å². The monoisotopic (exact) mass is 171 g/mol. The van der Waals surface area contributed by atoms with Crippen LogP contribution in [0.5, 0.6) is 0 Å². The Balaban J connectivity index is 2.59. The average molecular weight is 171 g/mol. The molecule has 0 radical (unpaired) electrons. The largest absolute Gasteiger partial charge is 0.419 e. The fourth-order valence-corrected chi connectivity index (χ4v) is 1.13. The maximum absolute atomic E-state index is 11.0. The molecule has 0 aliphatic carbocycles. The quantitative estimate of drug-likeness (QED) is 0.728. The molecule has 4 nitrogen and oxygen atoms in total. The number of hydrogen-bond donors (Lipinski definition) is 1. The Labute approximate surface area is 70.4 Å². The zero-order valence-corrected chi connectivity index (χ0v) is 7.06. The van der Waals surface area contributed by atoms with Crippen LogP contribution in [-0.4, -0.2) is 16.3 Å². The van der Waals surface area contributed by atoms with Gasteiger partial charge in [-0.25, -0.2) is 4.79 Å². The van der Waals surface area contributed by atoms with Gasteiger partial charge >= 0.3 is 5.76 Å². The summed E-state index contributed by atoms with van der Waals surface area (Å²) in [4.78, 5) is 11.0. The summed E-state index contributed by atoms with van der Waals surface area (Å²) in [6.45, 7) is 2.09. The first-order valence-electron chi connectivity index (χ1n) is 4.02. The Hall–Kier alpha value is -1.03. The van der Waals surface area contributed by atoms with Crippen molar-refractivity contribution in [2.24, 2.45) is 0 Å². The molecule has 1 unspecified atom stereocenters. The third-order valence-electron chi connectivity index (χ3n) is 1.86. The minimum Gasteiger partial charge on any atom is -0.416 e. The molecule has 1 aromatic heterocycles.